The first-order chi connectivity index (χ1) is 17.0. The number of halogens is 2. The Morgan fingerprint density at radius 2 is 2.11 bits per heavy atom. The number of carbonyl (C=O) groups is 1. The topological polar surface area (TPSA) is 85.2 Å². The van der Waals surface area contributed by atoms with Gasteiger partial charge in [0.1, 0.15) is 11.6 Å². The van der Waals surface area contributed by atoms with Gasteiger partial charge in [0.05, 0.1) is 29.5 Å². The van der Waals surface area contributed by atoms with Crippen molar-refractivity contribution in [3.05, 3.63) is 75.8 Å². The Kier molecular flexibility index (Phi) is 6.97. The second kappa shape index (κ2) is 10.3. The third-order valence-electron chi connectivity index (χ3n) is 6.70. The molecule has 1 unspecified atom stereocenters. The molecular formula is C25H28ClFN6O2. The fourth-order valence-corrected chi connectivity index (χ4v) is 4.80. The van der Waals surface area contributed by atoms with Gasteiger partial charge in [0, 0.05) is 51.2 Å². The number of aryl methyl sites for hydroxylation is 1. The molecular weight excluding hydrogens is 471 g/mol. The number of urea groups is 1. The van der Waals surface area contributed by atoms with Crippen molar-refractivity contribution < 1.29 is 13.9 Å². The van der Waals surface area contributed by atoms with Crippen molar-refractivity contribution in [3.8, 4) is 0 Å². The van der Waals surface area contributed by atoms with E-state index in [0.29, 0.717) is 31.0 Å². The summed E-state index contributed by atoms with van der Waals surface area (Å²) in [6, 6.07) is 3.74. The van der Waals surface area contributed by atoms with Crippen molar-refractivity contribution in [1.82, 2.24) is 30.0 Å². The first kappa shape index (κ1) is 23.7. The molecule has 8 nitrogen and oxygen atoms in total. The van der Waals surface area contributed by atoms with Crippen molar-refractivity contribution in [2.45, 2.75) is 38.3 Å². The molecule has 2 aromatic heterocycles. The summed E-state index contributed by atoms with van der Waals surface area (Å²) in [7, 11) is 1.80. The predicted octanol–water partition coefficient (Wildman–Crippen LogP) is 3.83. The summed E-state index contributed by atoms with van der Waals surface area (Å²) in [5.74, 6) is 0.820. The molecule has 10 heteroatoms. The zero-order valence-corrected chi connectivity index (χ0v) is 20.3. The van der Waals surface area contributed by atoms with Crippen LogP contribution >= 0.6 is 11.6 Å². The lowest BCUT2D eigenvalue weighted by molar-refractivity contribution is 0.0659. The van der Waals surface area contributed by atoms with Crippen LogP contribution < -0.4 is 5.32 Å². The number of nitrogens with zero attached hydrogens (tertiary/aromatic N) is 5. The number of fused-ring (bicyclic) bond motifs is 1. The number of carbonyl (C=O) groups excluding carboxylic acids is 1. The Hall–Kier alpha value is -3.04. The highest BCUT2D eigenvalue weighted by Crippen LogP contribution is 2.27. The average Bonchev–Trinajstić information content (AvgIpc) is 3.30. The van der Waals surface area contributed by atoms with E-state index in [4.69, 9.17) is 21.3 Å². The van der Waals surface area contributed by atoms with E-state index in [2.05, 4.69) is 15.4 Å². The second-order valence-electron chi connectivity index (χ2n) is 9.19. The minimum atomic E-state index is -0.571. The highest BCUT2D eigenvalue weighted by Gasteiger charge is 2.27. The fourth-order valence-electron chi connectivity index (χ4n) is 4.68. The molecule has 2 amide bonds. The molecule has 0 aliphatic carbocycles. The summed E-state index contributed by atoms with van der Waals surface area (Å²) in [5, 5.41) is 7.31. The number of ether oxygens (including phenoxy) is 1. The molecule has 4 heterocycles. The second-order valence-corrected chi connectivity index (χ2v) is 9.60. The smallest absolute Gasteiger partial charge is 0.318 e. The molecule has 1 aromatic carbocycles. The van der Waals surface area contributed by atoms with Gasteiger partial charge < -0.3 is 15.0 Å². The number of rotatable bonds is 5. The molecule has 3 aromatic rings. The van der Waals surface area contributed by atoms with Crippen LogP contribution in [0.25, 0.3) is 0 Å². The van der Waals surface area contributed by atoms with Crippen LogP contribution in [0.15, 0.2) is 36.8 Å². The number of aromatic nitrogens is 4. The van der Waals surface area contributed by atoms with Gasteiger partial charge in [-0.3, -0.25) is 4.68 Å². The van der Waals surface area contributed by atoms with Crippen LogP contribution in [0.5, 0.6) is 0 Å². The van der Waals surface area contributed by atoms with E-state index in [1.807, 2.05) is 6.20 Å². The Morgan fingerprint density at radius 3 is 2.86 bits per heavy atom. The Labute approximate surface area is 208 Å². The van der Waals surface area contributed by atoms with Crippen LogP contribution in [0.3, 0.4) is 0 Å². The van der Waals surface area contributed by atoms with Crippen molar-refractivity contribution in [3.63, 3.8) is 0 Å². The van der Waals surface area contributed by atoms with Crippen LogP contribution in [-0.2, 0) is 31.2 Å². The number of nitrogens with one attached hydrogen (secondary N) is 1. The maximum atomic E-state index is 14.2. The third-order valence-corrected chi connectivity index (χ3v) is 7.00. The molecule has 5 rings (SSSR count). The lowest BCUT2D eigenvalue weighted by Crippen LogP contribution is -2.44. The molecule has 0 spiro atoms. The summed E-state index contributed by atoms with van der Waals surface area (Å²) < 4.78 is 21.3. The molecule has 1 saturated heterocycles. The molecule has 2 aliphatic rings. The maximum Gasteiger partial charge on any atom is 0.318 e. The summed E-state index contributed by atoms with van der Waals surface area (Å²) in [4.78, 5) is 24.5. The summed E-state index contributed by atoms with van der Waals surface area (Å²) in [5.41, 5.74) is 3.31. The minimum absolute atomic E-state index is 0.0360. The Balaban J connectivity index is 1.32. The van der Waals surface area contributed by atoms with Crippen LogP contribution in [-0.4, -0.2) is 50.4 Å². The number of hydrogen-bond donors (Lipinski definition) is 1. The minimum Gasteiger partial charge on any atom is -0.381 e. The zero-order valence-electron chi connectivity index (χ0n) is 19.6. The highest BCUT2D eigenvalue weighted by molar-refractivity contribution is 6.30. The first-order valence-electron chi connectivity index (χ1n) is 11.9. The van der Waals surface area contributed by atoms with Gasteiger partial charge >= 0.3 is 6.03 Å². The number of amides is 2. The molecule has 1 fully saturated rings. The predicted molar refractivity (Wildman–Crippen MR) is 128 cm³/mol. The van der Waals surface area contributed by atoms with E-state index in [0.717, 1.165) is 55.1 Å². The van der Waals surface area contributed by atoms with Crippen molar-refractivity contribution in [2.75, 3.05) is 19.8 Å². The Bertz CT molecular complexity index is 1210. The first-order valence-corrected chi connectivity index (χ1v) is 12.2. The highest BCUT2D eigenvalue weighted by atomic mass is 35.5. The molecule has 0 saturated carbocycles. The van der Waals surface area contributed by atoms with Gasteiger partial charge in [-0.25, -0.2) is 19.2 Å². The van der Waals surface area contributed by atoms with Crippen molar-refractivity contribution in [1.29, 1.82) is 0 Å². The van der Waals surface area contributed by atoms with Gasteiger partial charge in [-0.2, -0.15) is 5.10 Å². The van der Waals surface area contributed by atoms with Gasteiger partial charge in [-0.1, -0.05) is 17.7 Å². The molecule has 1 N–H and O–H groups in total. The lowest BCUT2D eigenvalue weighted by Gasteiger charge is -2.30. The van der Waals surface area contributed by atoms with Crippen molar-refractivity contribution >= 4 is 17.6 Å². The van der Waals surface area contributed by atoms with Gasteiger partial charge in [-0.05, 0) is 48.4 Å². The fraction of sp³-hybridized carbons (Fsp3) is 0.440. The summed E-state index contributed by atoms with van der Waals surface area (Å²) in [6.07, 6.45) is 8.94. The van der Waals surface area contributed by atoms with Crippen LogP contribution in [0.1, 0.15) is 47.1 Å². The van der Waals surface area contributed by atoms with Crippen molar-refractivity contribution in [2.24, 2.45) is 13.0 Å². The molecule has 2 aliphatic heterocycles. The van der Waals surface area contributed by atoms with E-state index >= 15 is 0 Å². The largest absolute Gasteiger partial charge is 0.381 e. The van der Waals surface area contributed by atoms with E-state index in [1.165, 1.54) is 12.1 Å². The van der Waals surface area contributed by atoms with Crippen LogP contribution in [0, 0.1) is 11.7 Å². The molecule has 1 atom stereocenters. The standard InChI is InChI=1S/C25H28ClFN6O2/c1-32-14-19(13-29-32)24(17-2-3-20(26)21(27)11-17)31-25(34)33-7-4-18-12-28-23(30-22(18)15-33)10-16-5-8-35-9-6-16/h2-3,11-14,16,24H,4-10,15H2,1H3,(H,31,34). The Morgan fingerprint density at radius 1 is 1.29 bits per heavy atom. The zero-order chi connectivity index (χ0) is 24.4. The van der Waals surface area contributed by atoms with E-state index in [1.54, 1.807) is 35.1 Å². The molecule has 35 heavy (non-hydrogen) atoms. The average molecular weight is 499 g/mol. The van der Waals surface area contributed by atoms with Gasteiger partial charge in [0.2, 0.25) is 0 Å². The van der Waals surface area contributed by atoms with Crippen LogP contribution in [0.2, 0.25) is 5.02 Å². The summed E-state index contributed by atoms with van der Waals surface area (Å²) in [6.45, 7) is 2.54. The third kappa shape index (κ3) is 5.46. The number of hydrogen-bond acceptors (Lipinski definition) is 5. The molecule has 0 bridgehead atoms. The maximum absolute atomic E-state index is 14.2. The van der Waals surface area contributed by atoms with E-state index in [-0.39, 0.29) is 11.1 Å². The molecule has 184 valence electrons. The van der Waals surface area contributed by atoms with E-state index < -0.39 is 11.9 Å². The quantitative estimate of drug-likeness (QED) is 0.578. The van der Waals surface area contributed by atoms with E-state index in [9.17, 15) is 9.18 Å². The monoisotopic (exact) mass is 498 g/mol. The molecule has 0 radical (unpaired) electrons. The lowest BCUT2D eigenvalue weighted by atomic mass is 9.96. The van der Waals surface area contributed by atoms with Gasteiger partial charge in [-0.15, -0.1) is 0 Å². The number of benzene rings is 1. The normalized spacial score (nSPS) is 17.2. The summed E-state index contributed by atoms with van der Waals surface area (Å²) >= 11 is 5.88. The van der Waals surface area contributed by atoms with Gasteiger partial charge in [0.15, 0.2) is 0 Å². The van der Waals surface area contributed by atoms with Gasteiger partial charge in [0.25, 0.3) is 0 Å². The van der Waals surface area contributed by atoms with Crippen LogP contribution in [0.4, 0.5) is 9.18 Å². The SMILES string of the molecule is Cn1cc(C(NC(=O)N2CCc3cnc(CC4CCOCC4)nc3C2)c2ccc(Cl)c(F)c2)cn1.